The van der Waals surface area contributed by atoms with E-state index in [1.54, 1.807) is 0 Å². The van der Waals surface area contributed by atoms with Crippen LogP contribution >= 0.6 is 0 Å². The van der Waals surface area contributed by atoms with Crippen LogP contribution in [-0.2, 0) is 0 Å². The summed E-state index contributed by atoms with van der Waals surface area (Å²) in [5.74, 6) is 0.833. The molecular weight excluding hydrogens is 162 g/mol. The van der Waals surface area contributed by atoms with Gasteiger partial charge in [0.1, 0.15) is 0 Å². The first-order valence-corrected chi connectivity index (χ1v) is 5.60. The number of aliphatic hydroxyl groups is 1. The van der Waals surface area contributed by atoms with Gasteiger partial charge in [-0.1, -0.05) is 12.8 Å². The van der Waals surface area contributed by atoms with Gasteiger partial charge in [-0.2, -0.15) is 0 Å². The maximum atomic E-state index is 9.38. The van der Waals surface area contributed by atoms with Crippen LogP contribution in [0.1, 0.15) is 38.5 Å². The highest BCUT2D eigenvalue weighted by atomic mass is 16.3. The van der Waals surface area contributed by atoms with Gasteiger partial charge in [-0.3, -0.25) is 0 Å². The Hall–Kier alpha value is -0.0800. The standard InChI is InChI=1S/C11H21NO/c1-12-10(9-4-2-3-5-9)11(8-13)6-7-11/h9-10,12-13H,2-8H2,1H3. The zero-order valence-corrected chi connectivity index (χ0v) is 8.55. The van der Waals surface area contributed by atoms with Crippen molar-refractivity contribution >= 4 is 0 Å². The van der Waals surface area contributed by atoms with E-state index in [1.807, 2.05) is 0 Å². The number of hydrogen-bond acceptors (Lipinski definition) is 2. The van der Waals surface area contributed by atoms with Crippen LogP contribution in [0.4, 0.5) is 0 Å². The third-order valence-corrected chi connectivity index (χ3v) is 4.05. The van der Waals surface area contributed by atoms with Crippen LogP contribution in [0.15, 0.2) is 0 Å². The van der Waals surface area contributed by atoms with Crippen molar-refractivity contribution in [1.82, 2.24) is 5.32 Å². The first-order chi connectivity index (χ1) is 6.32. The fourth-order valence-corrected chi connectivity index (χ4v) is 3.06. The Balaban J connectivity index is 1.99. The zero-order chi connectivity index (χ0) is 9.31. The molecule has 2 saturated carbocycles. The Kier molecular flexibility index (Phi) is 2.61. The van der Waals surface area contributed by atoms with Crippen LogP contribution in [0.25, 0.3) is 0 Å². The monoisotopic (exact) mass is 183 g/mol. The van der Waals surface area contributed by atoms with Crippen LogP contribution < -0.4 is 5.32 Å². The van der Waals surface area contributed by atoms with Gasteiger partial charge < -0.3 is 10.4 Å². The van der Waals surface area contributed by atoms with Crippen LogP contribution in [0, 0.1) is 11.3 Å². The summed E-state index contributed by atoms with van der Waals surface area (Å²) in [5, 5.41) is 12.8. The summed E-state index contributed by atoms with van der Waals surface area (Å²) < 4.78 is 0. The van der Waals surface area contributed by atoms with Crippen molar-refractivity contribution < 1.29 is 5.11 Å². The lowest BCUT2D eigenvalue weighted by atomic mass is 9.85. The van der Waals surface area contributed by atoms with Crippen molar-refractivity contribution in [3.8, 4) is 0 Å². The molecule has 0 radical (unpaired) electrons. The molecule has 0 aromatic heterocycles. The second-order valence-electron chi connectivity index (χ2n) is 4.83. The Bertz CT molecular complexity index is 171. The molecule has 2 heteroatoms. The van der Waals surface area contributed by atoms with Crippen molar-refractivity contribution in [2.24, 2.45) is 11.3 Å². The molecule has 2 nitrogen and oxygen atoms in total. The Morgan fingerprint density at radius 3 is 2.38 bits per heavy atom. The maximum Gasteiger partial charge on any atom is 0.0502 e. The molecule has 2 aliphatic rings. The van der Waals surface area contributed by atoms with Crippen molar-refractivity contribution in [2.75, 3.05) is 13.7 Å². The van der Waals surface area contributed by atoms with Crippen LogP contribution in [0.3, 0.4) is 0 Å². The molecule has 2 N–H and O–H groups in total. The highest BCUT2D eigenvalue weighted by Crippen LogP contribution is 2.52. The smallest absolute Gasteiger partial charge is 0.0502 e. The summed E-state index contributed by atoms with van der Waals surface area (Å²) in [6.07, 6.45) is 7.98. The van der Waals surface area contributed by atoms with E-state index >= 15 is 0 Å². The summed E-state index contributed by atoms with van der Waals surface area (Å²) in [6.45, 7) is 0.384. The average molecular weight is 183 g/mol. The average Bonchev–Trinajstić information content (AvgIpc) is 2.75. The van der Waals surface area contributed by atoms with Gasteiger partial charge in [0.2, 0.25) is 0 Å². The summed E-state index contributed by atoms with van der Waals surface area (Å²) in [6, 6.07) is 0.583. The van der Waals surface area contributed by atoms with Crippen molar-refractivity contribution in [3.63, 3.8) is 0 Å². The Morgan fingerprint density at radius 1 is 1.38 bits per heavy atom. The molecule has 2 aliphatic carbocycles. The highest BCUT2D eigenvalue weighted by Gasteiger charge is 2.51. The molecule has 0 saturated heterocycles. The Labute approximate surface area is 80.7 Å². The van der Waals surface area contributed by atoms with Gasteiger partial charge in [0.05, 0.1) is 6.61 Å². The third-order valence-electron chi connectivity index (χ3n) is 4.05. The number of nitrogens with one attached hydrogen (secondary N) is 1. The van der Waals surface area contributed by atoms with E-state index in [-0.39, 0.29) is 5.41 Å². The molecule has 0 heterocycles. The molecule has 0 aromatic carbocycles. The third kappa shape index (κ3) is 1.62. The topological polar surface area (TPSA) is 32.3 Å². The maximum absolute atomic E-state index is 9.38. The van der Waals surface area contributed by atoms with E-state index in [0.717, 1.165) is 5.92 Å². The molecule has 1 atom stereocenters. The molecule has 2 fully saturated rings. The first-order valence-electron chi connectivity index (χ1n) is 5.60. The van der Waals surface area contributed by atoms with Crippen LogP contribution in [0.5, 0.6) is 0 Å². The van der Waals surface area contributed by atoms with Crippen LogP contribution in [0.2, 0.25) is 0 Å². The molecule has 0 amide bonds. The van der Waals surface area contributed by atoms with E-state index in [2.05, 4.69) is 12.4 Å². The minimum absolute atomic E-state index is 0.268. The Morgan fingerprint density at radius 2 is 2.00 bits per heavy atom. The predicted molar refractivity (Wildman–Crippen MR) is 53.6 cm³/mol. The normalized spacial score (nSPS) is 29.1. The van der Waals surface area contributed by atoms with Crippen molar-refractivity contribution in [3.05, 3.63) is 0 Å². The zero-order valence-electron chi connectivity index (χ0n) is 8.55. The second-order valence-corrected chi connectivity index (χ2v) is 4.83. The van der Waals surface area contributed by atoms with E-state index in [4.69, 9.17) is 0 Å². The molecule has 0 aliphatic heterocycles. The molecule has 1 unspecified atom stereocenters. The number of aliphatic hydroxyl groups excluding tert-OH is 1. The number of rotatable bonds is 4. The quantitative estimate of drug-likeness (QED) is 0.693. The second kappa shape index (κ2) is 3.58. The molecule has 0 bridgehead atoms. The lowest BCUT2D eigenvalue weighted by molar-refractivity contribution is 0.144. The highest BCUT2D eigenvalue weighted by molar-refractivity contribution is 5.04. The molecule has 0 spiro atoms. The summed E-state index contributed by atoms with van der Waals surface area (Å²) in [4.78, 5) is 0. The lowest BCUT2D eigenvalue weighted by Crippen LogP contribution is -2.42. The molecule has 2 rings (SSSR count). The molecule has 13 heavy (non-hydrogen) atoms. The van der Waals surface area contributed by atoms with Gasteiger partial charge in [0.15, 0.2) is 0 Å². The summed E-state index contributed by atoms with van der Waals surface area (Å²) in [5.41, 5.74) is 0.268. The van der Waals surface area contributed by atoms with Gasteiger partial charge in [0.25, 0.3) is 0 Å². The minimum atomic E-state index is 0.268. The predicted octanol–water partition coefficient (Wildman–Crippen LogP) is 1.54. The van der Waals surface area contributed by atoms with E-state index < -0.39 is 0 Å². The van der Waals surface area contributed by atoms with Crippen LogP contribution in [-0.4, -0.2) is 24.8 Å². The van der Waals surface area contributed by atoms with Gasteiger partial charge in [-0.15, -0.1) is 0 Å². The fraction of sp³-hybridized carbons (Fsp3) is 1.00. The van der Waals surface area contributed by atoms with Crippen molar-refractivity contribution in [1.29, 1.82) is 0 Å². The summed E-state index contributed by atoms with van der Waals surface area (Å²) >= 11 is 0. The van der Waals surface area contributed by atoms with E-state index in [9.17, 15) is 5.11 Å². The fourth-order valence-electron chi connectivity index (χ4n) is 3.06. The lowest BCUT2D eigenvalue weighted by Gasteiger charge is -2.30. The van der Waals surface area contributed by atoms with E-state index in [1.165, 1.54) is 38.5 Å². The largest absolute Gasteiger partial charge is 0.396 e. The van der Waals surface area contributed by atoms with Gasteiger partial charge in [-0.25, -0.2) is 0 Å². The van der Waals surface area contributed by atoms with Gasteiger partial charge in [-0.05, 0) is 38.6 Å². The molecule has 76 valence electrons. The SMILES string of the molecule is CNC(C1CCCC1)C1(CO)CC1. The minimum Gasteiger partial charge on any atom is -0.396 e. The van der Waals surface area contributed by atoms with Crippen molar-refractivity contribution in [2.45, 2.75) is 44.6 Å². The van der Waals surface area contributed by atoms with E-state index in [0.29, 0.717) is 12.6 Å². The molecule has 0 aromatic rings. The molecular formula is C11H21NO. The number of hydrogen-bond donors (Lipinski definition) is 2. The van der Waals surface area contributed by atoms with Gasteiger partial charge >= 0.3 is 0 Å². The first kappa shape index (κ1) is 9.47. The summed E-state index contributed by atoms with van der Waals surface area (Å²) in [7, 11) is 2.05. The van der Waals surface area contributed by atoms with Gasteiger partial charge in [0, 0.05) is 11.5 Å².